The number of benzene rings is 1. The van der Waals surface area contributed by atoms with E-state index in [0.29, 0.717) is 5.69 Å². The predicted molar refractivity (Wildman–Crippen MR) is 62.2 cm³/mol. The smallest absolute Gasteiger partial charge is 0.143 e. The molecule has 1 unspecified atom stereocenters. The summed E-state index contributed by atoms with van der Waals surface area (Å²) in [6.07, 6.45) is 1.61. The van der Waals surface area contributed by atoms with Gasteiger partial charge in [-0.1, -0.05) is 11.6 Å². The van der Waals surface area contributed by atoms with Gasteiger partial charge in [0.25, 0.3) is 0 Å². The lowest BCUT2D eigenvalue weighted by atomic mass is 10.2. The second-order valence-corrected chi connectivity index (χ2v) is 3.92. The number of anilines is 1. The van der Waals surface area contributed by atoms with Gasteiger partial charge in [0, 0.05) is 5.69 Å². The molecular weight excluding hydrogens is 229 g/mol. The van der Waals surface area contributed by atoms with Gasteiger partial charge in [0.05, 0.1) is 17.3 Å². The van der Waals surface area contributed by atoms with Gasteiger partial charge in [0.1, 0.15) is 11.6 Å². The number of rotatable bonds is 3. The van der Waals surface area contributed by atoms with Crippen LogP contribution in [0.15, 0.2) is 41.0 Å². The molecule has 0 aliphatic heterocycles. The summed E-state index contributed by atoms with van der Waals surface area (Å²) in [5.74, 6) is 0.369. The Balaban J connectivity index is 2.12. The largest absolute Gasteiger partial charge is 0.467 e. The lowest BCUT2D eigenvalue weighted by molar-refractivity contribution is 0.490. The number of hydrogen-bond donors (Lipinski definition) is 1. The van der Waals surface area contributed by atoms with E-state index < -0.39 is 5.82 Å². The maximum Gasteiger partial charge on any atom is 0.143 e. The lowest BCUT2D eigenvalue weighted by Crippen LogP contribution is -2.05. The third-order valence-corrected chi connectivity index (χ3v) is 2.58. The highest BCUT2D eigenvalue weighted by atomic mass is 35.5. The van der Waals surface area contributed by atoms with Crippen LogP contribution in [-0.2, 0) is 0 Å². The molecule has 1 heterocycles. The predicted octanol–water partition coefficient (Wildman–Crippen LogP) is 4.25. The first kappa shape index (κ1) is 11.0. The Labute approximate surface area is 98.0 Å². The Kier molecular flexibility index (Phi) is 3.15. The van der Waals surface area contributed by atoms with E-state index in [0.717, 1.165) is 5.76 Å². The van der Waals surface area contributed by atoms with E-state index in [-0.39, 0.29) is 11.1 Å². The molecule has 1 atom stereocenters. The molecular formula is C12H11ClFNO. The van der Waals surface area contributed by atoms with Crippen molar-refractivity contribution in [3.63, 3.8) is 0 Å². The Morgan fingerprint density at radius 3 is 2.81 bits per heavy atom. The van der Waals surface area contributed by atoms with Crippen molar-refractivity contribution in [2.75, 3.05) is 5.32 Å². The molecule has 0 radical (unpaired) electrons. The molecule has 0 fully saturated rings. The molecule has 4 heteroatoms. The van der Waals surface area contributed by atoms with Gasteiger partial charge in [-0.3, -0.25) is 0 Å². The summed E-state index contributed by atoms with van der Waals surface area (Å²) in [6.45, 7) is 1.94. The molecule has 0 saturated carbocycles. The van der Waals surface area contributed by atoms with Crippen molar-refractivity contribution in [3.8, 4) is 0 Å². The Morgan fingerprint density at radius 2 is 2.19 bits per heavy atom. The maximum atomic E-state index is 13.2. The quantitative estimate of drug-likeness (QED) is 0.867. The molecule has 0 saturated heterocycles. The molecule has 0 bridgehead atoms. The minimum absolute atomic E-state index is 0.0180. The lowest BCUT2D eigenvalue weighted by Gasteiger charge is -2.12. The van der Waals surface area contributed by atoms with Crippen molar-refractivity contribution in [2.45, 2.75) is 13.0 Å². The van der Waals surface area contributed by atoms with Gasteiger partial charge in [-0.05, 0) is 37.3 Å². The fraction of sp³-hybridized carbons (Fsp3) is 0.167. The zero-order valence-electron chi connectivity index (χ0n) is 8.71. The second kappa shape index (κ2) is 4.58. The van der Waals surface area contributed by atoms with Crippen molar-refractivity contribution in [1.82, 2.24) is 0 Å². The maximum absolute atomic E-state index is 13.2. The molecule has 1 aromatic heterocycles. The van der Waals surface area contributed by atoms with Crippen LogP contribution in [0, 0.1) is 5.82 Å². The summed E-state index contributed by atoms with van der Waals surface area (Å²) in [5.41, 5.74) is 0.672. The van der Waals surface area contributed by atoms with Gasteiger partial charge in [-0.25, -0.2) is 4.39 Å². The topological polar surface area (TPSA) is 25.2 Å². The first-order valence-electron chi connectivity index (χ1n) is 4.92. The second-order valence-electron chi connectivity index (χ2n) is 3.51. The average Bonchev–Trinajstić information content (AvgIpc) is 2.77. The van der Waals surface area contributed by atoms with Crippen LogP contribution in [0.25, 0.3) is 0 Å². The molecule has 84 valence electrons. The highest BCUT2D eigenvalue weighted by Gasteiger charge is 2.08. The monoisotopic (exact) mass is 239 g/mol. The van der Waals surface area contributed by atoms with Gasteiger partial charge >= 0.3 is 0 Å². The van der Waals surface area contributed by atoms with Crippen LogP contribution in [0.1, 0.15) is 18.7 Å². The van der Waals surface area contributed by atoms with Gasteiger partial charge < -0.3 is 9.73 Å². The Hall–Kier alpha value is -1.48. The molecule has 0 aliphatic rings. The van der Waals surface area contributed by atoms with E-state index in [1.807, 2.05) is 19.1 Å². The van der Waals surface area contributed by atoms with Gasteiger partial charge in [0.2, 0.25) is 0 Å². The first-order valence-corrected chi connectivity index (χ1v) is 5.29. The molecule has 0 aliphatic carbocycles. The fourth-order valence-electron chi connectivity index (χ4n) is 1.44. The normalized spacial score (nSPS) is 12.4. The molecule has 0 amide bonds. The first-order chi connectivity index (χ1) is 7.66. The number of furan rings is 1. The van der Waals surface area contributed by atoms with E-state index >= 15 is 0 Å². The minimum Gasteiger partial charge on any atom is -0.467 e. The zero-order chi connectivity index (χ0) is 11.5. The Bertz CT molecular complexity index is 470. The summed E-state index contributed by atoms with van der Waals surface area (Å²) in [7, 11) is 0. The molecule has 1 N–H and O–H groups in total. The van der Waals surface area contributed by atoms with E-state index in [9.17, 15) is 4.39 Å². The van der Waals surface area contributed by atoms with Crippen LogP contribution >= 0.6 is 11.6 Å². The van der Waals surface area contributed by atoms with Crippen LogP contribution in [0.3, 0.4) is 0 Å². The fourth-order valence-corrected chi connectivity index (χ4v) is 1.56. The number of hydrogen-bond acceptors (Lipinski definition) is 2. The highest BCUT2D eigenvalue weighted by Crippen LogP contribution is 2.23. The van der Waals surface area contributed by atoms with E-state index in [1.165, 1.54) is 12.1 Å². The van der Waals surface area contributed by atoms with Crippen molar-refractivity contribution in [2.24, 2.45) is 0 Å². The summed E-state index contributed by atoms with van der Waals surface area (Å²) in [6, 6.07) is 8.27. The third kappa shape index (κ3) is 2.36. The van der Waals surface area contributed by atoms with Crippen LogP contribution in [0.5, 0.6) is 0 Å². The van der Waals surface area contributed by atoms with E-state index in [1.54, 1.807) is 12.3 Å². The van der Waals surface area contributed by atoms with Crippen LogP contribution in [0.2, 0.25) is 5.02 Å². The summed E-state index contributed by atoms with van der Waals surface area (Å²) in [4.78, 5) is 0. The highest BCUT2D eigenvalue weighted by molar-refractivity contribution is 6.30. The minimum atomic E-state index is -0.432. The molecule has 16 heavy (non-hydrogen) atoms. The summed E-state index contributed by atoms with van der Waals surface area (Å²) >= 11 is 5.60. The number of nitrogens with one attached hydrogen (secondary N) is 1. The van der Waals surface area contributed by atoms with Crippen molar-refractivity contribution in [3.05, 3.63) is 53.2 Å². The molecule has 2 rings (SSSR count). The van der Waals surface area contributed by atoms with Gasteiger partial charge in [-0.15, -0.1) is 0 Å². The molecule has 2 nitrogen and oxygen atoms in total. The van der Waals surface area contributed by atoms with Gasteiger partial charge in [0.15, 0.2) is 0 Å². The summed E-state index contributed by atoms with van der Waals surface area (Å²) in [5, 5.41) is 3.24. The van der Waals surface area contributed by atoms with Crippen molar-refractivity contribution in [1.29, 1.82) is 0 Å². The van der Waals surface area contributed by atoms with Gasteiger partial charge in [-0.2, -0.15) is 0 Å². The average molecular weight is 240 g/mol. The zero-order valence-corrected chi connectivity index (χ0v) is 9.46. The standard InChI is InChI=1S/C12H11ClFNO/c1-8(12-3-2-6-16-12)15-9-4-5-10(13)11(14)7-9/h2-8,15H,1H3. The number of halogens is 2. The molecule has 0 spiro atoms. The SMILES string of the molecule is CC(Nc1ccc(Cl)c(F)c1)c1ccco1. The van der Waals surface area contributed by atoms with E-state index in [4.69, 9.17) is 16.0 Å². The Morgan fingerprint density at radius 1 is 1.38 bits per heavy atom. The third-order valence-electron chi connectivity index (χ3n) is 2.27. The van der Waals surface area contributed by atoms with Crippen LogP contribution in [0.4, 0.5) is 10.1 Å². The van der Waals surface area contributed by atoms with Crippen molar-refractivity contribution < 1.29 is 8.81 Å². The summed E-state index contributed by atoms with van der Waals surface area (Å²) < 4.78 is 18.4. The van der Waals surface area contributed by atoms with Crippen LogP contribution < -0.4 is 5.32 Å². The van der Waals surface area contributed by atoms with Crippen LogP contribution in [-0.4, -0.2) is 0 Å². The van der Waals surface area contributed by atoms with Crippen molar-refractivity contribution >= 4 is 17.3 Å². The molecule has 1 aromatic carbocycles. The van der Waals surface area contributed by atoms with E-state index in [2.05, 4.69) is 5.32 Å². The molecule has 2 aromatic rings.